The number of carbonyl (C=O) groups is 2. The van der Waals surface area contributed by atoms with Crippen molar-refractivity contribution in [1.82, 2.24) is 0 Å². The smallest absolute Gasteiger partial charge is 0.333 e. The van der Waals surface area contributed by atoms with Crippen molar-refractivity contribution < 1.29 is 19.8 Å². The van der Waals surface area contributed by atoms with E-state index in [4.69, 9.17) is 0 Å². The van der Waals surface area contributed by atoms with Crippen LogP contribution in [0.1, 0.15) is 27.5 Å². The zero-order valence-electron chi connectivity index (χ0n) is 12.0. The minimum atomic E-state index is -1.13. The molecule has 1 atom stereocenters. The summed E-state index contributed by atoms with van der Waals surface area (Å²) in [6.45, 7) is 0. The summed E-state index contributed by atoms with van der Waals surface area (Å²) < 4.78 is 0. The van der Waals surface area contributed by atoms with E-state index in [9.17, 15) is 19.8 Å². The molecule has 3 rings (SSSR count). The first-order valence-electron chi connectivity index (χ1n) is 6.98. The third kappa shape index (κ3) is 2.64. The topological polar surface area (TPSA) is 87.0 Å². The molecule has 1 unspecified atom stereocenters. The maximum Gasteiger partial charge on any atom is 0.333 e. The Bertz CT molecular complexity index is 837. The Morgan fingerprint density at radius 2 is 1.61 bits per heavy atom. The summed E-state index contributed by atoms with van der Waals surface area (Å²) in [5.41, 5.74) is 1.33. The number of benzene rings is 2. The van der Waals surface area contributed by atoms with Crippen molar-refractivity contribution in [3.63, 3.8) is 0 Å². The molecule has 0 heterocycles. The molecule has 5 nitrogen and oxygen atoms in total. The first kappa shape index (κ1) is 14.7. The monoisotopic (exact) mass is 307 g/mol. The molecule has 5 heteroatoms. The SMILES string of the molecule is O=C1C(C=NC(C(=O)O)c2ccccc2)=C(O)c2ccccc21. The van der Waals surface area contributed by atoms with Crippen LogP contribution >= 0.6 is 0 Å². The van der Waals surface area contributed by atoms with Gasteiger partial charge in [-0.15, -0.1) is 0 Å². The van der Waals surface area contributed by atoms with Gasteiger partial charge >= 0.3 is 5.97 Å². The van der Waals surface area contributed by atoms with Crippen LogP contribution in [0.15, 0.2) is 65.2 Å². The lowest BCUT2D eigenvalue weighted by Gasteiger charge is -2.07. The molecular formula is C18H13NO4. The van der Waals surface area contributed by atoms with Gasteiger partial charge in [0.15, 0.2) is 11.8 Å². The number of hydrogen-bond acceptors (Lipinski definition) is 4. The Kier molecular flexibility index (Phi) is 3.76. The van der Waals surface area contributed by atoms with Crippen LogP contribution in [0.2, 0.25) is 0 Å². The number of aliphatic carboxylic acids is 1. The van der Waals surface area contributed by atoms with Crippen LogP contribution in [-0.2, 0) is 4.79 Å². The minimum absolute atomic E-state index is 0.00776. The highest BCUT2D eigenvalue weighted by molar-refractivity contribution is 6.30. The maximum absolute atomic E-state index is 12.3. The molecule has 0 radical (unpaired) electrons. The average molecular weight is 307 g/mol. The van der Waals surface area contributed by atoms with Crippen LogP contribution in [0.25, 0.3) is 5.76 Å². The van der Waals surface area contributed by atoms with E-state index in [2.05, 4.69) is 4.99 Å². The fourth-order valence-electron chi connectivity index (χ4n) is 2.48. The van der Waals surface area contributed by atoms with Crippen LogP contribution in [0.3, 0.4) is 0 Å². The number of carboxylic acid groups (broad SMARTS) is 1. The Hall–Kier alpha value is -3.21. The summed E-state index contributed by atoms with van der Waals surface area (Å²) in [5.74, 6) is -1.67. The predicted molar refractivity (Wildman–Crippen MR) is 85.6 cm³/mol. The first-order chi connectivity index (χ1) is 11.1. The summed E-state index contributed by atoms with van der Waals surface area (Å²) >= 11 is 0. The van der Waals surface area contributed by atoms with Gasteiger partial charge in [0.1, 0.15) is 5.76 Å². The third-order valence-electron chi connectivity index (χ3n) is 3.63. The van der Waals surface area contributed by atoms with E-state index in [1.54, 1.807) is 54.6 Å². The van der Waals surface area contributed by atoms with E-state index >= 15 is 0 Å². The Morgan fingerprint density at radius 3 is 2.22 bits per heavy atom. The minimum Gasteiger partial charge on any atom is -0.506 e. The highest BCUT2D eigenvalue weighted by atomic mass is 16.4. The summed E-state index contributed by atoms with van der Waals surface area (Å²) in [5, 5.41) is 19.5. The van der Waals surface area contributed by atoms with Crippen molar-refractivity contribution in [2.75, 3.05) is 0 Å². The van der Waals surface area contributed by atoms with Crippen LogP contribution in [0.4, 0.5) is 0 Å². The number of hydrogen-bond donors (Lipinski definition) is 2. The number of carboxylic acids is 1. The van der Waals surface area contributed by atoms with Gasteiger partial charge < -0.3 is 10.2 Å². The lowest BCUT2D eigenvalue weighted by molar-refractivity contribution is -0.138. The second-order valence-corrected chi connectivity index (χ2v) is 5.07. The zero-order chi connectivity index (χ0) is 16.4. The van der Waals surface area contributed by atoms with Crippen LogP contribution in [0, 0.1) is 0 Å². The number of aliphatic imine (C=N–C) groups is 1. The molecule has 0 bridgehead atoms. The number of carbonyl (C=O) groups excluding carboxylic acids is 1. The number of Topliss-reactive ketones (excluding diaryl/α,β-unsaturated/α-hetero) is 1. The van der Waals surface area contributed by atoms with E-state index in [0.717, 1.165) is 6.21 Å². The number of rotatable bonds is 4. The van der Waals surface area contributed by atoms with Gasteiger partial charge in [-0.25, -0.2) is 4.79 Å². The van der Waals surface area contributed by atoms with Gasteiger partial charge in [0, 0.05) is 17.3 Å². The van der Waals surface area contributed by atoms with Crippen LogP contribution in [-0.4, -0.2) is 28.2 Å². The molecule has 0 amide bonds. The maximum atomic E-state index is 12.3. The molecule has 2 aromatic rings. The number of ketones is 1. The van der Waals surface area contributed by atoms with Gasteiger partial charge in [-0.1, -0.05) is 54.6 Å². The van der Waals surface area contributed by atoms with Gasteiger partial charge in [0.2, 0.25) is 0 Å². The summed E-state index contributed by atoms with van der Waals surface area (Å²) in [6, 6.07) is 14.0. The van der Waals surface area contributed by atoms with Gasteiger partial charge in [-0.2, -0.15) is 0 Å². The van der Waals surface area contributed by atoms with Crippen LogP contribution < -0.4 is 0 Å². The number of aliphatic hydroxyl groups is 1. The molecule has 2 aromatic carbocycles. The highest BCUT2D eigenvalue weighted by Gasteiger charge is 2.28. The fraction of sp³-hybridized carbons (Fsp3) is 0.0556. The summed E-state index contributed by atoms with van der Waals surface area (Å²) in [4.78, 5) is 27.7. The first-order valence-corrected chi connectivity index (χ1v) is 6.98. The highest BCUT2D eigenvalue weighted by Crippen LogP contribution is 2.30. The number of fused-ring (bicyclic) bond motifs is 1. The number of nitrogens with zero attached hydrogens (tertiary/aromatic N) is 1. The Labute approximate surface area is 132 Å². The summed E-state index contributed by atoms with van der Waals surface area (Å²) in [7, 11) is 0. The lowest BCUT2D eigenvalue weighted by atomic mass is 10.1. The van der Waals surface area contributed by atoms with E-state index in [1.165, 1.54) is 0 Å². The van der Waals surface area contributed by atoms with Crippen molar-refractivity contribution in [3.8, 4) is 0 Å². The van der Waals surface area contributed by atoms with Gasteiger partial charge in [-0.3, -0.25) is 9.79 Å². The fourth-order valence-corrected chi connectivity index (χ4v) is 2.48. The standard InChI is InChI=1S/C18H13NO4/c20-16-12-8-4-5-9-13(12)17(21)14(16)10-19-15(18(22)23)11-6-2-1-3-7-11/h1-10,15,20H,(H,22,23). The van der Waals surface area contributed by atoms with Crippen molar-refractivity contribution in [1.29, 1.82) is 0 Å². The largest absolute Gasteiger partial charge is 0.506 e. The molecule has 1 aliphatic carbocycles. The van der Waals surface area contributed by atoms with Crippen molar-refractivity contribution in [2.24, 2.45) is 4.99 Å². The van der Waals surface area contributed by atoms with Crippen molar-refractivity contribution in [3.05, 3.63) is 76.9 Å². The molecule has 0 saturated carbocycles. The number of allylic oxidation sites excluding steroid dienone is 1. The zero-order valence-corrected chi connectivity index (χ0v) is 12.0. The van der Waals surface area contributed by atoms with Crippen molar-refractivity contribution in [2.45, 2.75) is 6.04 Å². The molecule has 1 aliphatic rings. The lowest BCUT2D eigenvalue weighted by Crippen LogP contribution is -2.10. The van der Waals surface area contributed by atoms with E-state index < -0.39 is 12.0 Å². The van der Waals surface area contributed by atoms with Gasteiger partial charge in [0.25, 0.3) is 0 Å². The molecule has 0 aromatic heterocycles. The number of aliphatic hydroxyl groups excluding tert-OH is 1. The van der Waals surface area contributed by atoms with Crippen LogP contribution in [0.5, 0.6) is 0 Å². The molecule has 0 spiro atoms. The molecule has 2 N–H and O–H groups in total. The van der Waals surface area contributed by atoms with Crippen molar-refractivity contribution >= 4 is 23.7 Å². The molecule has 0 aliphatic heterocycles. The second kappa shape index (κ2) is 5.88. The second-order valence-electron chi connectivity index (χ2n) is 5.07. The molecule has 114 valence electrons. The molecule has 0 fully saturated rings. The van der Waals surface area contributed by atoms with E-state index in [-0.39, 0.29) is 17.1 Å². The molecule has 0 saturated heterocycles. The molecule has 23 heavy (non-hydrogen) atoms. The Balaban J connectivity index is 1.95. The predicted octanol–water partition coefficient (Wildman–Crippen LogP) is 3.05. The van der Waals surface area contributed by atoms with E-state index in [1.807, 2.05) is 0 Å². The molecular weight excluding hydrogens is 294 g/mol. The third-order valence-corrected chi connectivity index (χ3v) is 3.63. The van der Waals surface area contributed by atoms with Gasteiger partial charge in [0.05, 0.1) is 5.57 Å². The Morgan fingerprint density at radius 1 is 1.00 bits per heavy atom. The quantitative estimate of drug-likeness (QED) is 0.850. The summed E-state index contributed by atoms with van der Waals surface area (Å²) in [6.07, 6.45) is 1.14. The normalized spacial score (nSPS) is 15.0. The van der Waals surface area contributed by atoms with E-state index in [0.29, 0.717) is 16.7 Å². The van der Waals surface area contributed by atoms with Gasteiger partial charge in [-0.05, 0) is 5.56 Å². The average Bonchev–Trinajstić information content (AvgIpc) is 2.81.